The largest absolute Gasteiger partial charge is 0.471 e. The van der Waals surface area contributed by atoms with Crippen LogP contribution in [0.2, 0.25) is 0 Å². The number of aryl methyl sites for hydroxylation is 1. The molecule has 1 aliphatic rings. The summed E-state index contributed by atoms with van der Waals surface area (Å²) in [6.07, 6.45) is -2.09. The first-order chi connectivity index (χ1) is 19.1. The standard InChI is InChI=1S/C26H24F3N7O4/c1-34-9-10-36(14-23(34)38)22(37)11-16-3-5-17(6-4-16)24-32-25(40-33-24)19-13-31-35(2)20(19)15-39-21-8-7-18(12-30-21)26(27,28)29/h3-8,12-13H,9-11,14-15H2,1-2H3. The zero-order valence-electron chi connectivity index (χ0n) is 21.6. The number of carbonyl (C=O) groups excluding carboxylic acids is 2. The van der Waals surface area contributed by atoms with Crippen molar-refractivity contribution in [1.29, 1.82) is 0 Å². The number of pyridine rings is 1. The minimum Gasteiger partial charge on any atom is -0.471 e. The Morgan fingerprint density at radius 2 is 1.85 bits per heavy atom. The summed E-state index contributed by atoms with van der Waals surface area (Å²) in [5.74, 6) is 0.319. The van der Waals surface area contributed by atoms with Crippen LogP contribution in [0.4, 0.5) is 13.2 Å². The molecule has 40 heavy (non-hydrogen) atoms. The van der Waals surface area contributed by atoms with E-state index in [-0.39, 0.29) is 43.2 Å². The van der Waals surface area contributed by atoms with Gasteiger partial charge in [-0.15, -0.1) is 0 Å². The molecule has 4 aromatic rings. The lowest BCUT2D eigenvalue weighted by molar-refractivity contribution is -0.143. The summed E-state index contributed by atoms with van der Waals surface area (Å²) in [5, 5.41) is 8.24. The Bertz CT molecular complexity index is 1510. The lowest BCUT2D eigenvalue weighted by Crippen LogP contribution is -2.51. The van der Waals surface area contributed by atoms with Crippen LogP contribution in [0.1, 0.15) is 16.8 Å². The molecule has 0 aliphatic carbocycles. The highest BCUT2D eigenvalue weighted by Gasteiger charge is 2.31. The number of ether oxygens (including phenoxy) is 1. The van der Waals surface area contributed by atoms with Crippen molar-refractivity contribution in [3.63, 3.8) is 0 Å². The number of piperazine rings is 1. The second-order valence-electron chi connectivity index (χ2n) is 9.23. The van der Waals surface area contributed by atoms with Gasteiger partial charge in [-0.2, -0.15) is 23.3 Å². The number of hydrogen-bond donors (Lipinski definition) is 0. The number of likely N-dealkylation sites (N-methyl/N-ethyl adjacent to an activating group) is 1. The van der Waals surface area contributed by atoms with E-state index in [9.17, 15) is 22.8 Å². The highest BCUT2D eigenvalue weighted by molar-refractivity contribution is 5.87. The maximum Gasteiger partial charge on any atom is 0.417 e. The quantitative estimate of drug-likeness (QED) is 0.342. The molecule has 0 radical (unpaired) electrons. The highest BCUT2D eigenvalue weighted by Crippen LogP contribution is 2.30. The van der Waals surface area contributed by atoms with Crippen molar-refractivity contribution in [3.05, 3.63) is 65.6 Å². The lowest BCUT2D eigenvalue weighted by Gasteiger charge is -2.32. The van der Waals surface area contributed by atoms with Gasteiger partial charge >= 0.3 is 6.18 Å². The van der Waals surface area contributed by atoms with Gasteiger partial charge in [0.1, 0.15) is 6.61 Å². The first kappa shape index (κ1) is 26.8. The summed E-state index contributed by atoms with van der Waals surface area (Å²) in [6.45, 7) is 1.05. The summed E-state index contributed by atoms with van der Waals surface area (Å²) < 4.78 is 50.9. The van der Waals surface area contributed by atoms with Crippen LogP contribution in [0.3, 0.4) is 0 Å². The van der Waals surface area contributed by atoms with Crippen molar-refractivity contribution in [2.45, 2.75) is 19.2 Å². The minimum atomic E-state index is -4.49. The molecule has 0 unspecified atom stereocenters. The molecule has 4 heterocycles. The maximum atomic E-state index is 12.8. The van der Waals surface area contributed by atoms with E-state index in [2.05, 4.69) is 20.2 Å². The second-order valence-corrected chi connectivity index (χ2v) is 9.23. The minimum absolute atomic E-state index is 0.0177. The van der Waals surface area contributed by atoms with Crippen molar-refractivity contribution in [1.82, 2.24) is 34.7 Å². The Morgan fingerprint density at radius 1 is 1.07 bits per heavy atom. The fourth-order valence-corrected chi connectivity index (χ4v) is 4.07. The number of hydrogen-bond acceptors (Lipinski definition) is 8. The fourth-order valence-electron chi connectivity index (χ4n) is 4.07. The first-order valence-corrected chi connectivity index (χ1v) is 12.2. The summed E-state index contributed by atoms with van der Waals surface area (Å²) in [6, 6.07) is 9.17. The Morgan fingerprint density at radius 3 is 2.52 bits per heavy atom. The zero-order valence-corrected chi connectivity index (χ0v) is 21.6. The van der Waals surface area contributed by atoms with Crippen LogP contribution in [0, 0.1) is 0 Å². The van der Waals surface area contributed by atoms with E-state index in [4.69, 9.17) is 9.26 Å². The van der Waals surface area contributed by atoms with Crippen LogP contribution in [0.25, 0.3) is 22.8 Å². The predicted molar refractivity (Wildman–Crippen MR) is 133 cm³/mol. The van der Waals surface area contributed by atoms with E-state index in [0.717, 1.165) is 17.7 Å². The predicted octanol–water partition coefficient (Wildman–Crippen LogP) is 2.97. The number of amides is 2. The molecule has 0 N–H and O–H groups in total. The molecule has 208 valence electrons. The average molecular weight is 556 g/mol. The Balaban J connectivity index is 1.24. The number of rotatable bonds is 7. The van der Waals surface area contributed by atoms with Crippen molar-refractivity contribution in [3.8, 4) is 28.7 Å². The third kappa shape index (κ3) is 5.80. The van der Waals surface area contributed by atoms with E-state index < -0.39 is 11.7 Å². The van der Waals surface area contributed by atoms with Crippen LogP contribution < -0.4 is 4.74 Å². The van der Waals surface area contributed by atoms with Crippen molar-refractivity contribution in [2.24, 2.45) is 7.05 Å². The van der Waals surface area contributed by atoms with Gasteiger partial charge in [0.15, 0.2) is 0 Å². The third-order valence-corrected chi connectivity index (χ3v) is 6.52. The van der Waals surface area contributed by atoms with Crippen molar-refractivity contribution < 1.29 is 32.0 Å². The molecule has 2 amide bonds. The molecule has 1 aromatic carbocycles. The van der Waals surface area contributed by atoms with Crippen LogP contribution in [0.15, 0.2) is 53.3 Å². The average Bonchev–Trinajstić information content (AvgIpc) is 3.56. The van der Waals surface area contributed by atoms with Gasteiger partial charge in [0.25, 0.3) is 5.89 Å². The van der Waals surface area contributed by atoms with Crippen LogP contribution >= 0.6 is 0 Å². The van der Waals surface area contributed by atoms with Crippen molar-refractivity contribution >= 4 is 11.8 Å². The topological polar surface area (TPSA) is 119 Å². The number of carbonyl (C=O) groups is 2. The summed E-state index contributed by atoms with van der Waals surface area (Å²) in [7, 11) is 3.40. The number of benzene rings is 1. The smallest absolute Gasteiger partial charge is 0.417 e. The van der Waals surface area contributed by atoms with Gasteiger partial charge in [-0.3, -0.25) is 14.3 Å². The molecule has 0 saturated carbocycles. The van der Waals surface area contributed by atoms with Gasteiger partial charge in [0.05, 0.1) is 36.0 Å². The van der Waals surface area contributed by atoms with Gasteiger partial charge in [-0.25, -0.2) is 4.98 Å². The number of aromatic nitrogens is 5. The molecular weight excluding hydrogens is 531 g/mol. The molecular formula is C26H24F3N7O4. The summed E-state index contributed by atoms with van der Waals surface area (Å²) in [4.78, 5) is 35.8. The van der Waals surface area contributed by atoms with Crippen molar-refractivity contribution in [2.75, 3.05) is 26.7 Å². The van der Waals surface area contributed by atoms with Gasteiger partial charge in [0, 0.05) is 45.0 Å². The van der Waals surface area contributed by atoms with Crippen LogP contribution in [-0.2, 0) is 35.8 Å². The normalized spacial score (nSPS) is 14.1. The molecule has 0 spiro atoms. The van der Waals surface area contributed by atoms with Gasteiger partial charge in [0.2, 0.25) is 23.5 Å². The van der Waals surface area contributed by atoms with Crippen LogP contribution in [-0.4, -0.2) is 73.2 Å². The molecule has 0 bridgehead atoms. The molecule has 0 atom stereocenters. The summed E-state index contributed by atoms with van der Waals surface area (Å²) >= 11 is 0. The van der Waals surface area contributed by atoms with E-state index >= 15 is 0 Å². The van der Waals surface area contributed by atoms with Gasteiger partial charge < -0.3 is 19.1 Å². The first-order valence-electron chi connectivity index (χ1n) is 12.2. The molecule has 3 aromatic heterocycles. The Kier molecular flexibility index (Phi) is 7.24. The monoisotopic (exact) mass is 555 g/mol. The molecule has 11 nitrogen and oxygen atoms in total. The van der Waals surface area contributed by atoms with Gasteiger partial charge in [-0.1, -0.05) is 29.4 Å². The van der Waals surface area contributed by atoms with E-state index in [1.807, 2.05) is 0 Å². The number of halogens is 3. The SMILES string of the molecule is CN1CCN(C(=O)Cc2ccc(-c3noc(-c4cnn(C)c4COc4ccc(C(F)(F)F)cn4)n3)cc2)CC1=O. The van der Waals surface area contributed by atoms with E-state index in [0.29, 0.717) is 41.9 Å². The van der Waals surface area contributed by atoms with Gasteiger partial charge in [-0.05, 0) is 11.6 Å². The Labute approximate surface area is 226 Å². The maximum absolute atomic E-state index is 12.8. The molecule has 14 heteroatoms. The second kappa shape index (κ2) is 10.8. The Hall–Kier alpha value is -4.75. The zero-order chi connectivity index (χ0) is 28.4. The molecule has 1 fully saturated rings. The van der Waals surface area contributed by atoms with E-state index in [1.54, 1.807) is 48.2 Å². The summed E-state index contributed by atoms with van der Waals surface area (Å²) in [5.41, 5.74) is 1.62. The number of alkyl halides is 3. The van der Waals surface area contributed by atoms with E-state index in [1.165, 1.54) is 10.9 Å². The van der Waals surface area contributed by atoms with Crippen LogP contribution in [0.5, 0.6) is 5.88 Å². The fraction of sp³-hybridized carbons (Fsp3) is 0.308. The molecule has 5 rings (SSSR count). The third-order valence-electron chi connectivity index (χ3n) is 6.52. The number of nitrogens with zero attached hydrogens (tertiary/aromatic N) is 7. The lowest BCUT2D eigenvalue weighted by atomic mass is 10.1. The highest BCUT2D eigenvalue weighted by atomic mass is 19.4. The molecule has 1 saturated heterocycles. The molecule has 1 aliphatic heterocycles.